The van der Waals surface area contributed by atoms with Crippen molar-refractivity contribution in [3.05, 3.63) is 64.7 Å². The number of esters is 1. The number of furan rings is 1. The minimum absolute atomic E-state index is 0.0240. The van der Waals surface area contributed by atoms with Gasteiger partial charge in [0.05, 0.1) is 17.3 Å². The molecular formula is C22H20N2O4S. The van der Waals surface area contributed by atoms with Gasteiger partial charge in [-0.05, 0) is 35.7 Å². The summed E-state index contributed by atoms with van der Waals surface area (Å²) in [7, 11) is 1.34. The molecule has 1 amide bonds. The van der Waals surface area contributed by atoms with E-state index in [4.69, 9.17) is 9.15 Å². The number of carbonyl (C=O) groups is 2. The van der Waals surface area contributed by atoms with Gasteiger partial charge in [0.2, 0.25) is 0 Å². The first-order valence-electron chi connectivity index (χ1n) is 9.24. The normalized spacial score (nSPS) is 12.2. The van der Waals surface area contributed by atoms with E-state index in [9.17, 15) is 9.59 Å². The molecule has 0 N–H and O–H groups in total. The first kappa shape index (κ1) is 19.1. The summed E-state index contributed by atoms with van der Waals surface area (Å²) in [5, 5.41) is 0.839. The third-order valence-corrected chi connectivity index (χ3v) is 5.76. The van der Waals surface area contributed by atoms with Crippen LogP contribution in [0.2, 0.25) is 0 Å². The molecule has 0 fully saturated rings. The Balaban J connectivity index is 1.84. The number of amides is 1. The van der Waals surface area contributed by atoms with Crippen LogP contribution in [0.4, 0.5) is 0 Å². The van der Waals surface area contributed by atoms with Crippen LogP contribution in [-0.4, -0.2) is 23.6 Å². The monoisotopic (exact) mass is 408 g/mol. The minimum atomic E-state index is -0.490. The Morgan fingerprint density at radius 1 is 1.17 bits per heavy atom. The maximum absolute atomic E-state index is 12.8. The Morgan fingerprint density at radius 3 is 2.69 bits per heavy atom. The van der Waals surface area contributed by atoms with Crippen LogP contribution in [0.1, 0.15) is 35.9 Å². The zero-order valence-electron chi connectivity index (χ0n) is 16.3. The van der Waals surface area contributed by atoms with Gasteiger partial charge in [0, 0.05) is 5.39 Å². The topological polar surface area (TPSA) is 73.8 Å². The molecule has 7 heteroatoms. The van der Waals surface area contributed by atoms with Crippen LogP contribution in [0.25, 0.3) is 21.2 Å². The Hall–Kier alpha value is -3.19. The van der Waals surface area contributed by atoms with Crippen molar-refractivity contribution in [2.75, 3.05) is 7.11 Å². The van der Waals surface area contributed by atoms with Crippen molar-refractivity contribution in [2.45, 2.75) is 26.3 Å². The molecule has 2 heterocycles. The third kappa shape index (κ3) is 3.73. The highest BCUT2D eigenvalue weighted by atomic mass is 32.1. The zero-order chi connectivity index (χ0) is 20.5. The fourth-order valence-corrected chi connectivity index (χ4v) is 4.19. The number of ether oxygens (including phenoxy) is 1. The third-order valence-electron chi connectivity index (χ3n) is 4.72. The number of fused-ring (bicyclic) bond motifs is 2. The second-order valence-corrected chi connectivity index (χ2v) is 8.00. The summed E-state index contributed by atoms with van der Waals surface area (Å²) in [4.78, 5) is 29.4. The SMILES string of the molecule is COC(=O)Cn1c(=NC(=O)c2cc3ccccc3o2)sc2cc(C(C)C)ccc21. The van der Waals surface area contributed by atoms with Crippen LogP contribution in [-0.2, 0) is 16.1 Å². The van der Waals surface area contributed by atoms with Gasteiger partial charge >= 0.3 is 11.9 Å². The van der Waals surface area contributed by atoms with Crippen molar-refractivity contribution in [3.8, 4) is 0 Å². The molecule has 4 aromatic rings. The number of benzene rings is 2. The van der Waals surface area contributed by atoms with Gasteiger partial charge in [-0.3, -0.25) is 9.59 Å². The van der Waals surface area contributed by atoms with Crippen molar-refractivity contribution in [3.63, 3.8) is 0 Å². The van der Waals surface area contributed by atoms with E-state index in [-0.39, 0.29) is 12.3 Å². The van der Waals surface area contributed by atoms with E-state index in [2.05, 4.69) is 24.9 Å². The van der Waals surface area contributed by atoms with Gasteiger partial charge in [0.1, 0.15) is 12.1 Å². The highest BCUT2D eigenvalue weighted by molar-refractivity contribution is 7.16. The lowest BCUT2D eigenvalue weighted by Crippen LogP contribution is -2.22. The number of hydrogen-bond donors (Lipinski definition) is 0. The average Bonchev–Trinajstić information content (AvgIpc) is 3.29. The van der Waals surface area contributed by atoms with E-state index in [0.29, 0.717) is 16.3 Å². The molecule has 2 aromatic carbocycles. The van der Waals surface area contributed by atoms with Crippen molar-refractivity contribution in [1.82, 2.24) is 4.57 Å². The lowest BCUT2D eigenvalue weighted by atomic mass is 10.0. The molecule has 0 bridgehead atoms. The maximum atomic E-state index is 12.8. The first-order chi connectivity index (χ1) is 14.0. The number of thiazole rings is 1. The molecule has 148 valence electrons. The summed E-state index contributed by atoms with van der Waals surface area (Å²) in [6.07, 6.45) is 0. The molecule has 0 aliphatic rings. The van der Waals surface area contributed by atoms with Crippen molar-refractivity contribution in [2.24, 2.45) is 4.99 Å². The van der Waals surface area contributed by atoms with Gasteiger partial charge in [-0.15, -0.1) is 0 Å². The summed E-state index contributed by atoms with van der Waals surface area (Å²) in [6.45, 7) is 4.21. The number of carbonyl (C=O) groups excluding carboxylic acids is 2. The molecule has 29 heavy (non-hydrogen) atoms. The number of aromatic nitrogens is 1. The Morgan fingerprint density at radius 2 is 1.97 bits per heavy atom. The summed E-state index contributed by atoms with van der Waals surface area (Å²) < 4.78 is 13.1. The van der Waals surface area contributed by atoms with Crippen LogP contribution in [0.3, 0.4) is 0 Å². The number of para-hydroxylation sites is 1. The van der Waals surface area contributed by atoms with E-state index in [0.717, 1.165) is 15.6 Å². The average molecular weight is 408 g/mol. The van der Waals surface area contributed by atoms with Crippen molar-refractivity contribution < 1.29 is 18.7 Å². The lowest BCUT2D eigenvalue weighted by Gasteiger charge is -2.06. The number of hydrogen-bond acceptors (Lipinski definition) is 5. The summed E-state index contributed by atoms with van der Waals surface area (Å²) in [5.74, 6) is -0.366. The highest BCUT2D eigenvalue weighted by Crippen LogP contribution is 2.24. The second-order valence-electron chi connectivity index (χ2n) is 6.99. The molecular weight excluding hydrogens is 388 g/mol. The largest absolute Gasteiger partial charge is 0.468 e. The van der Waals surface area contributed by atoms with Crippen molar-refractivity contribution >= 4 is 44.4 Å². The van der Waals surface area contributed by atoms with Gasteiger partial charge in [-0.1, -0.05) is 49.4 Å². The van der Waals surface area contributed by atoms with Crippen LogP contribution in [0, 0.1) is 0 Å². The quantitative estimate of drug-likeness (QED) is 0.467. The van der Waals surface area contributed by atoms with E-state index >= 15 is 0 Å². The molecule has 0 radical (unpaired) electrons. The molecule has 0 saturated carbocycles. The second kappa shape index (κ2) is 7.67. The Labute approximate surface area is 171 Å². The van der Waals surface area contributed by atoms with E-state index < -0.39 is 11.9 Å². The predicted molar refractivity (Wildman–Crippen MR) is 112 cm³/mol. The van der Waals surface area contributed by atoms with Gasteiger partial charge in [-0.25, -0.2) is 0 Å². The molecule has 6 nitrogen and oxygen atoms in total. The Bertz CT molecular complexity index is 1260. The smallest absolute Gasteiger partial charge is 0.325 e. The summed E-state index contributed by atoms with van der Waals surface area (Å²) >= 11 is 1.36. The van der Waals surface area contributed by atoms with Gasteiger partial charge < -0.3 is 13.7 Å². The summed E-state index contributed by atoms with van der Waals surface area (Å²) in [5.41, 5.74) is 2.64. The maximum Gasteiger partial charge on any atom is 0.325 e. The Kier molecular flexibility index (Phi) is 5.07. The molecule has 2 aromatic heterocycles. The van der Waals surface area contributed by atoms with Gasteiger partial charge in [-0.2, -0.15) is 4.99 Å². The van der Waals surface area contributed by atoms with Crippen LogP contribution >= 0.6 is 11.3 Å². The van der Waals surface area contributed by atoms with Crippen LogP contribution in [0.15, 0.2) is 57.9 Å². The van der Waals surface area contributed by atoms with E-state index in [1.807, 2.05) is 30.3 Å². The summed E-state index contributed by atoms with van der Waals surface area (Å²) in [6, 6.07) is 15.1. The van der Waals surface area contributed by atoms with Crippen LogP contribution < -0.4 is 4.80 Å². The van der Waals surface area contributed by atoms with Crippen LogP contribution in [0.5, 0.6) is 0 Å². The molecule has 0 saturated heterocycles. The fraction of sp³-hybridized carbons (Fsp3) is 0.227. The first-order valence-corrected chi connectivity index (χ1v) is 10.1. The predicted octanol–water partition coefficient (Wildman–Crippen LogP) is 4.49. The number of nitrogens with zero attached hydrogens (tertiary/aromatic N) is 2. The number of rotatable bonds is 4. The lowest BCUT2D eigenvalue weighted by molar-refractivity contribution is -0.141. The highest BCUT2D eigenvalue weighted by Gasteiger charge is 2.15. The molecule has 0 unspecified atom stereocenters. The molecule has 0 aliphatic heterocycles. The van der Waals surface area contributed by atoms with E-state index in [1.54, 1.807) is 16.7 Å². The fourth-order valence-electron chi connectivity index (χ4n) is 3.11. The minimum Gasteiger partial charge on any atom is -0.468 e. The van der Waals surface area contributed by atoms with Gasteiger partial charge in [0.25, 0.3) is 0 Å². The van der Waals surface area contributed by atoms with Gasteiger partial charge in [0.15, 0.2) is 10.6 Å². The number of methoxy groups -OCH3 is 1. The zero-order valence-corrected chi connectivity index (χ0v) is 17.2. The molecule has 0 atom stereocenters. The molecule has 0 spiro atoms. The standard InChI is InChI=1S/C22H20N2O4S/c1-13(2)14-8-9-16-19(11-14)29-22(24(16)12-20(25)27-3)23-21(26)18-10-15-6-4-5-7-17(15)28-18/h4-11,13H,12H2,1-3H3. The molecule has 4 rings (SSSR count). The van der Waals surface area contributed by atoms with E-state index in [1.165, 1.54) is 24.0 Å². The molecule has 0 aliphatic carbocycles. The van der Waals surface area contributed by atoms with Crippen molar-refractivity contribution in [1.29, 1.82) is 0 Å².